The largest absolute Gasteiger partial charge is 0.339 e. The molecule has 1 N–H and O–H groups in total. The molecule has 2 rings (SSSR count). The summed E-state index contributed by atoms with van der Waals surface area (Å²) in [6.45, 7) is 2.67. The molecule has 1 fully saturated rings. The number of halogens is 2. The lowest BCUT2D eigenvalue weighted by Crippen LogP contribution is -2.52. The Kier molecular flexibility index (Phi) is 4.69. The molecule has 1 aliphatic heterocycles. The minimum absolute atomic E-state index is 0.000350. The number of benzene rings is 1. The van der Waals surface area contributed by atoms with Crippen molar-refractivity contribution in [2.75, 3.05) is 31.5 Å². The molecule has 1 aromatic carbocycles. The number of nitrogens with zero attached hydrogens (tertiary/aromatic N) is 2. The van der Waals surface area contributed by atoms with Crippen molar-refractivity contribution < 1.29 is 23.2 Å². The average Bonchev–Trinajstić information content (AvgIpc) is 2.50. The Bertz CT molecular complexity index is 613. The van der Waals surface area contributed by atoms with Gasteiger partial charge in [-0.25, -0.2) is 8.78 Å². The van der Waals surface area contributed by atoms with Gasteiger partial charge < -0.3 is 15.1 Å². The topological polar surface area (TPSA) is 69.7 Å². The van der Waals surface area contributed by atoms with E-state index in [2.05, 4.69) is 5.32 Å². The number of carbonyl (C=O) groups is 3. The third kappa shape index (κ3) is 3.57. The summed E-state index contributed by atoms with van der Waals surface area (Å²) in [7, 11) is 0. The van der Waals surface area contributed by atoms with Crippen LogP contribution in [0.4, 0.5) is 14.5 Å². The average molecular weight is 311 g/mol. The molecule has 0 atom stereocenters. The molecule has 1 aromatic rings. The van der Waals surface area contributed by atoms with Crippen molar-refractivity contribution >= 4 is 23.4 Å². The lowest BCUT2D eigenvalue weighted by molar-refractivity contribution is -0.145. The molecular weight excluding hydrogens is 296 g/mol. The molecule has 0 aromatic heterocycles. The molecule has 1 aliphatic rings. The summed E-state index contributed by atoms with van der Waals surface area (Å²) < 4.78 is 25.8. The highest BCUT2D eigenvalue weighted by Gasteiger charge is 2.26. The van der Waals surface area contributed by atoms with Crippen molar-refractivity contribution in [1.82, 2.24) is 9.80 Å². The van der Waals surface area contributed by atoms with Crippen molar-refractivity contribution in [3.8, 4) is 0 Å². The number of piperazine rings is 1. The van der Waals surface area contributed by atoms with Gasteiger partial charge in [0.2, 0.25) is 5.91 Å². The molecule has 0 aliphatic carbocycles. The minimum Gasteiger partial charge on any atom is -0.339 e. The first-order chi connectivity index (χ1) is 10.4. The van der Waals surface area contributed by atoms with Crippen LogP contribution in [0.5, 0.6) is 0 Å². The predicted molar refractivity (Wildman–Crippen MR) is 73.8 cm³/mol. The molecule has 118 valence electrons. The molecule has 0 unspecified atom stereocenters. The van der Waals surface area contributed by atoms with E-state index in [4.69, 9.17) is 0 Å². The Morgan fingerprint density at radius 1 is 1.00 bits per heavy atom. The molecule has 8 heteroatoms. The lowest BCUT2D eigenvalue weighted by Gasteiger charge is -2.33. The summed E-state index contributed by atoms with van der Waals surface area (Å²) in [4.78, 5) is 37.9. The van der Waals surface area contributed by atoms with Crippen LogP contribution in [0.15, 0.2) is 18.2 Å². The smallest absolute Gasteiger partial charge is 0.313 e. The van der Waals surface area contributed by atoms with Gasteiger partial charge in [-0.15, -0.1) is 0 Å². The number of anilines is 1. The van der Waals surface area contributed by atoms with Crippen molar-refractivity contribution in [3.05, 3.63) is 29.8 Å². The SMILES string of the molecule is CC(=O)N1CCN(C(=O)C(=O)Nc2ccc(F)c(F)c2)CC1. The maximum absolute atomic E-state index is 13.0. The van der Waals surface area contributed by atoms with Crippen LogP contribution in [0, 0.1) is 11.6 Å². The number of amides is 3. The lowest BCUT2D eigenvalue weighted by atomic mass is 10.2. The van der Waals surface area contributed by atoms with Crippen LogP contribution in [0.25, 0.3) is 0 Å². The fourth-order valence-corrected chi connectivity index (χ4v) is 2.13. The number of hydrogen-bond acceptors (Lipinski definition) is 3. The van der Waals surface area contributed by atoms with Gasteiger partial charge in [-0.05, 0) is 12.1 Å². The molecule has 0 bridgehead atoms. The van der Waals surface area contributed by atoms with Crippen molar-refractivity contribution in [2.24, 2.45) is 0 Å². The second kappa shape index (κ2) is 6.50. The van der Waals surface area contributed by atoms with E-state index in [9.17, 15) is 23.2 Å². The van der Waals surface area contributed by atoms with E-state index in [-0.39, 0.29) is 24.7 Å². The Labute approximate surface area is 125 Å². The standard InChI is InChI=1S/C14H15F2N3O3/c1-9(20)18-4-6-19(7-5-18)14(22)13(21)17-10-2-3-11(15)12(16)8-10/h2-3,8H,4-7H2,1H3,(H,17,21). The van der Waals surface area contributed by atoms with Crippen LogP contribution in [-0.4, -0.2) is 53.7 Å². The van der Waals surface area contributed by atoms with Crippen LogP contribution >= 0.6 is 0 Å². The summed E-state index contributed by atoms with van der Waals surface area (Å²) in [5, 5.41) is 2.22. The summed E-state index contributed by atoms with van der Waals surface area (Å²) in [5.74, 6) is -3.93. The first-order valence-corrected chi connectivity index (χ1v) is 6.69. The minimum atomic E-state index is -1.11. The second-order valence-electron chi connectivity index (χ2n) is 4.88. The van der Waals surface area contributed by atoms with E-state index in [1.807, 2.05) is 0 Å². The van der Waals surface area contributed by atoms with E-state index < -0.39 is 23.4 Å². The van der Waals surface area contributed by atoms with Crippen molar-refractivity contribution in [3.63, 3.8) is 0 Å². The van der Waals surface area contributed by atoms with Gasteiger partial charge in [-0.2, -0.15) is 0 Å². The maximum Gasteiger partial charge on any atom is 0.313 e. The highest BCUT2D eigenvalue weighted by Crippen LogP contribution is 2.13. The monoisotopic (exact) mass is 311 g/mol. The second-order valence-corrected chi connectivity index (χ2v) is 4.88. The van der Waals surface area contributed by atoms with Gasteiger partial charge in [0.25, 0.3) is 0 Å². The van der Waals surface area contributed by atoms with Crippen LogP contribution in [0.2, 0.25) is 0 Å². The fourth-order valence-electron chi connectivity index (χ4n) is 2.13. The van der Waals surface area contributed by atoms with Crippen LogP contribution < -0.4 is 5.32 Å². The molecule has 3 amide bonds. The highest BCUT2D eigenvalue weighted by atomic mass is 19.2. The van der Waals surface area contributed by atoms with Gasteiger partial charge in [0.1, 0.15) is 0 Å². The fraction of sp³-hybridized carbons (Fsp3) is 0.357. The Balaban J connectivity index is 1.94. The summed E-state index contributed by atoms with van der Waals surface area (Å²) in [6.07, 6.45) is 0. The number of carbonyl (C=O) groups excluding carboxylic acids is 3. The van der Waals surface area contributed by atoms with Crippen molar-refractivity contribution in [1.29, 1.82) is 0 Å². The maximum atomic E-state index is 13.0. The van der Waals surface area contributed by atoms with E-state index in [1.54, 1.807) is 4.90 Å². The van der Waals surface area contributed by atoms with E-state index in [0.717, 1.165) is 18.2 Å². The normalized spacial score (nSPS) is 14.7. The third-order valence-electron chi connectivity index (χ3n) is 3.38. The molecule has 6 nitrogen and oxygen atoms in total. The van der Waals surface area contributed by atoms with E-state index in [0.29, 0.717) is 13.1 Å². The van der Waals surface area contributed by atoms with E-state index >= 15 is 0 Å². The Morgan fingerprint density at radius 2 is 1.59 bits per heavy atom. The number of rotatable bonds is 1. The predicted octanol–water partition coefficient (Wildman–Crippen LogP) is 0.594. The van der Waals surface area contributed by atoms with E-state index in [1.165, 1.54) is 11.8 Å². The molecule has 0 spiro atoms. The molecule has 22 heavy (non-hydrogen) atoms. The summed E-state index contributed by atoms with van der Waals surface area (Å²) in [6, 6.07) is 2.83. The molecule has 0 saturated carbocycles. The van der Waals surface area contributed by atoms with Crippen LogP contribution in [-0.2, 0) is 14.4 Å². The molecular formula is C14H15F2N3O3. The highest BCUT2D eigenvalue weighted by molar-refractivity contribution is 6.39. The van der Waals surface area contributed by atoms with Gasteiger partial charge in [-0.1, -0.05) is 0 Å². The molecule has 0 radical (unpaired) electrons. The molecule has 1 saturated heterocycles. The van der Waals surface area contributed by atoms with Crippen LogP contribution in [0.1, 0.15) is 6.92 Å². The van der Waals surface area contributed by atoms with Gasteiger partial charge in [0.05, 0.1) is 0 Å². The van der Waals surface area contributed by atoms with Crippen molar-refractivity contribution in [2.45, 2.75) is 6.92 Å². The van der Waals surface area contributed by atoms with Gasteiger partial charge in [-0.3, -0.25) is 14.4 Å². The zero-order valence-corrected chi connectivity index (χ0v) is 11.9. The number of hydrogen-bond donors (Lipinski definition) is 1. The third-order valence-corrected chi connectivity index (χ3v) is 3.38. The Morgan fingerprint density at radius 3 is 2.14 bits per heavy atom. The summed E-state index contributed by atoms with van der Waals surface area (Å²) >= 11 is 0. The Hall–Kier alpha value is -2.51. The van der Waals surface area contributed by atoms with Gasteiger partial charge >= 0.3 is 11.8 Å². The quantitative estimate of drug-likeness (QED) is 0.772. The first-order valence-electron chi connectivity index (χ1n) is 6.69. The zero-order chi connectivity index (χ0) is 16.3. The zero-order valence-electron chi connectivity index (χ0n) is 11.9. The van der Waals surface area contributed by atoms with Gasteiger partial charge in [0, 0.05) is 44.9 Å². The molecule has 1 heterocycles. The summed E-state index contributed by atoms with van der Waals surface area (Å²) in [5.41, 5.74) is -0.000350. The number of nitrogens with one attached hydrogen (secondary N) is 1. The van der Waals surface area contributed by atoms with Crippen LogP contribution in [0.3, 0.4) is 0 Å². The first kappa shape index (κ1) is 15.9. The van der Waals surface area contributed by atoms with Gasteiger partial charge in [0.15, 0.2) is 11.6 Å².